The van der Waals surface area contributed by atoms with Gasteiger partial charge < -0.3 is 15.4 Å². The molecule has 3 rings (SSSR count). The highest BCUT2D eigenvalue weighted by Crippen LogP contribution is 2.15. The highest BCUT2D eigenvalue weighted by Gasteiger charge is 2.03. The van der Waals surface area contributed by atoms with Gasteiger partial charge in [-0.2, -0.15) is 0 Å². The second kappa shape index (κ2) is 8.85. The zero-order valence-corrected chi connectivity index (χ0v) is 15.2. The van der Waals surface area contributed by atoms with Crippen LogP contribution < -0.4 is 15.4 Å². The molecule has 0 amide bonds. The Bertz CT molecular complexity index is 836. The summed E-state index contributed by atoms with van der Waals surface area (Å²) in [7, 11) is 1.69. The number of hydrogen-bond donors (Lipinski definition) is 2. The summed E-state index contributed by atoms with van der Waals surface area (Å²) in [5.41, 5.74) is 2.45. The van der Waals surface area contributed by atoms with Gasteiger partial charge >= 0.3 is 0 Å². The van der Waals surface area contributed by atoms with Crippen LogP contribution in [0.2, 0.25) is 0 Å². The average molecular weight is 348 g/mol. The molecule has 0 atom stereocenters. The van der Waals surface area contributed by atoms with Crippen molar-refractivity contribution in [2.24, 2.45) is 0 Å². The minimum atomic E-state index is 0.737. The largest absolute Gasteiger partial charge is 0.497 e. The first-order chi connectivity index (χ1) is 12.7. The van der Waals surface area contributed by atoms with Gasteiger partial charge in [0.25, 0.3) is 0 Å². The molecular formula is C21H24N4O. The lowest BCUT2D eigenvalue weighted by Crippen LogP contribution is -2.09. The van der Waals surface area contributed by atoms with Crippen LogP contribution in [0.5, 0.6) is 5.75 Å². The molecule has 0 radical (unpaired) electrons. The number of nitrogens with one attached hydrogen (secondary N) is 2. The van der Waals surface area contributed by atoms with Gasteiger partial charge in [-0.1, -0.05) is 42.5 Å². The standard InChI is InChI=1S/C21H24N4O/c1-16-24-20(22-12-11-17-9-6-10-19(13-17)26-2)14-21(25-16)23-15-18-7-4-3-5-8-18/h3-10,13-14H,11-12,15H2,1-2H3,(H2,22,23,24,25). The predicted octanol–water partition coefficient (Wildman–Crippen LogP) is 4.06. The molecule has 0 fully saturated rings. The Kier molecular flexibility index (Phi) is 6.04. The average Bonchev–Trinajstić information content (AvgIpc) is 2.67. The maximum absolute atomic E-state index is 5.26. The van der Waals surface area contributed by atoms with E-state index in [0.717, 1.165) is 42.7 Å². The van der Waals surface area contributed by atoms with Crippen LogP contribution in [-0.4, -0.2) is 23.6 Å². The van der Waals surface area contributed by atoms with Crippen LogP contribution >= 0.6 is 0 Å². The molecule has 1 aromatic heterocycles. The Balaban J connectivity index is 1.56. The summed E-state index contributed by atoms with van der Waals surface area (Å²) in [6.07, 6.45) is 0.896. The van der Waals surface area contributed by atoms with Crippen molar-refractivity contribution in [2.45, 2.75) is 19.9 Å². The Morgan fingerprint density at radius 3 is 2.35 bits per heavy atom. The fourth-order valence-corrected chi connectivity index (χ4v) is 2.70. The van der Waals surface area contributed by atoms with E-state index in [1.807, 2.05) is 43.3 Å². The maximum Gasteiger partial charge on any atom is 0.132 e. The van der Waals surface area contributed by atoms with Crippen molar-refractivity contribution < 1.29 is 4.74 Å². The summed E-state index contributed by atoms with van der Waals surface area (Å²) in [4.78, 5) is 8.93. The molecule has 3 aromatic rings. The van der Waals surface area contributed by atoms with Crippen LogP contribution in [0.4, 0.5) is 11.6 Å². The number of benzene rings is 2. The number of methoxy groups -OCH3 is 1. The van der Waals surface area contributed by atoms with Crippen LogP contribution in [0, 0.1) is 6.92 Å². The van der Waals surface area contributed by atoms with E-state index in [-0.39, 0.29) is 0 Å². The van der Waals surface area contributed by atoms with Crippen molar-refractivity contribution in [3.63, 3.8) is 0 Å². The molecule has 0 saturated carbocycles. The number of hydrogen-bond acceptors (Lipinski definition) is 5. The van der Waals surface area contributed by atoms with E-state index in [4.69, 9.17) is 4.74 Å². The van der Waals surface area contributed by atoms with Crippen LogP contribution in [0.15, 0.2) is 60.7 Å². The highest BCUT2D eigenvalue weighted by atomic mass is 16.5. The van der Waals surface area contributed by atoms with Gasteiger partial charge in [0, 0.05) is 19.2 Å². The lowest BCUT2D eigenvalue weighted by molar-refractivity contribution is 0.414. The van der Waals surface area contributed by atoms with Crippen molar-refractivity contribution in [3.8, 4) is 5.75 Å². The van der Waals surface area contributed by atoms with Crippen LogP contribution in [-0.2, 0) is 13.0 Å². The first kappa shape index (κ1) is 17.7. The third kappa shape index (κ3) is 5.21. The molecule has 0 spiro atoms. The van der Waals surface area contributed by atoms with Crippen LogP contribution in [0.25, 0.3) is 0 Å². The third-order valence-electron chi connectivity index (χ3n) is 4.01. The monoisotopic (exact) mass is 348 g/mol. The maximum atomic E-state index is 5.26. The smallest absolute Gasteiger partial charge is 0.132 e. The zero-order valence-electron chi connectivity index (χ0n) is 15.2. The second-order valence-corrected chi connectivity index (χ2v) is 6.05. The van der Waals surface area contributed by atoms with E-state index in [9.17, 15) is 0 Å². The number of anilines is 2. The fraction of sp³-hybridized carbons (Fsp3) is 0.238. The Labute approximate surface area is 154 Å². The Hall–Kier alpha value is -3.08. The molecule has 0 unspecified atom stereocenters. The number of ether oxygens (including phenoxy) is 1. The lowest BCUT2D eigenvalue weighted by atomic mass is 10.1. The van der Waals surface area contributed by atoms with E-state index >= 15 is 0 Å². The minimum absolute atomic E-state index is 0.737. The summed E-state index contributed by atoms with van der Waals surface area (Å²) >= 11 is 0. The van der Waals surface area contributed by atoms with Gasteiger partial charge in [0.1, 0.15) is 23.2 Å². The Morgan fingerprint density at radius 1 is 0.846 bits per heavy atom. The van der Waals surface area contributed by atoms with Crippen molar-refractivity contribution in [1.82, 2.24) is 9.97 Å². The van der Waals surface area contributed by atoms with Gasteiger partial charge in [0.15, 0.2) is 0 Å². The molecule has 1 heterocycles. The predicted molar refractivity (Wildman–Crippen MR) is 106 cm³/mol. The fourth-order valence-electron chi connectivity index (χ4n) is 2.70. The summed E-state index contributed by atoms with van der Waals surface area (Å²) in [6.45, 7) is 3.43. The SMILES string of the molecule is COc1cccc(CCNc2cc(NCc3ccccc3)nc(C)n2)c1. The third-order valence-corrected chi connectivity index (χ3v) is 4.01. The van der Waals surface area contributed by atoms with E-state index < -0.39 is 0 Å². The molecule has 5 heteroatoms. The van der Waals surface area contributed by atoms with Crippen LogP contribution in [0.1, 0.15) is 17.0 Å². The van der Waals surface area contributed by atoms with E-state index in [2.05, 4.69) is 44.9 Å². The van der Waals surface area contributed by atoms with Crippen LogP contribution in [0.3, 0.4) is 0 Å². The molecule has 2 N–H and O–H groups in total. The minimum Gasteiger partial charge on any atom is -0.497 e. The first-order valence-corrected chi connectivity index (χ1v) is 8.73. The quantitative estimate of drug-likeness (QED) is 0.643. The van der Waals surface area contributed by atoms with Gasteiger partial charge in [-0.3, -0.25) is 0 Å². The molecule has 0 aliphatic rings. The number of rotatable bonds is 8. The molecule has 5 nitrogen and oxygen atoms in total. The molecule has 0 bridgehead atoms. The molecule has 2 aromatic carbocycles. The second-order valence-electron chi connectivity index (χ2n) is 6.05. The van der Waals surface area contributed by atoms with Crippen molar-refractivity contribution >= 4 is 11.6 Å². The molecule has 0 saturated heterocycles. The normalized spacial score (nSPS) is 10.4. The summed E-state index contributed by atoms with van der Waals surface area (Å²) in [5, 5.41) is 6.74. The molecule has 26 heavy (non-hydrogen) atoms. The lowest BCUT2D eigenvalue weighted by Gasteiger charge is -2.11. The van der Waals surface area contributed by atoms with E-state index in [1.54, 1.807) is 7.11 Å². The van der Waals surface area contributed by atoms with Gasteiger partial charge in [-0.25, -0.2) is 9.97 Å². The van der Waals surface area contributed by atoms with E-state index in [1.165, 1.54) is 11.1 Å². The van der Waals surface area contributed by atoms with Gasteiger partial charge in [-0.05, 0) is 36.6 Å². The van der Waals surface area contributed by atoms with Crippen molar-refractivity contribution in [3.05, 3.63) is 77.6 Å². The van der Waals surface area contributed by atoms with Crippen molar-refractivity contribution in [1.29, 1.82) is 0 Å². The van der Waals surface area contributed by atoms with Gasteiger partial charge in [-0.15, -0.1) is 0 Å². The van der Waals surface area contributed by atoms with Crippen molar-refractivity contribution in [2.75, 3.05) is 24.3 Å². The zero-order chi connectivity index (χ0) is 18.2. The van der Waals surface area contributed by atoms with Gasteiger partial charge in [0.2, 0.25) is 0 Å². The molecular weight excluding hydrogens is 324 g/mol. The van der Waals surface area contributed by atoms with Gasteiger partial charge in [0.05, 0.1) is 7.11 Å². The van der Waals surface area contributed by atoms with E-state index in [0.29, 0.717) is 0 Å². The molecule has 0 aliphatic heterocycles. The number of nitrogens with zero attached hydrogens (tertiary/aromatic N) is 2. The molecule has 134 valence electrons. The topological polar surface area (TPSA) is 59.1 Å². The highest BCUT2D eigenvalue weighted by molar-refractivity contribution is 5.48. The molecule has 0 aliphatic carbocycles. The Morgan fingerprint density at radius 2 is 1.58 bits per heavy atom. The summed E-state index contributed by atoms with van der Waals surface area (Å²) in [5.74, 6) is 3.28. The first-order valence-electron chi connectivity index (χ1n) is 8.73. The summed E-state index contributed by atoms with van der Waals surface area (Å²) < 4.78 is 5.26. The summed E-state index contributed by atoms with van der Waals surface area (Å²) in [6, 6.07) is 20.3. The number of aromatic nitrogens is 2. The number of aryl methyl sites for hydroxylation is 1.